The number of hydrogen-bond donors (Lipinski definition) is 1. The van der Waals surface area contributed by atoms with Crippen LogP contribution in [0.25, 0.3) is 23.0 Å². The summed E-state index contributed by atoms with van der Waals surface area (Å²) in [7, 11) is 0. The number of anilines is 1. The molecule has 5 rings (SSSR count). The smallest absolute Gasteiger partial charge is 0.331 e. The number of rotatable bonds is 9. The molecule has 1 amide bonds. The van der Waals surface area contributed by atoms with Crippen LogP contribution in [-0.2, 0) is 14.3 Å². The minimum Gasteiger partial charge on any atom is -0.444 e. The number of halogens is 1. The molecule has 0 aliphatic heterocycles. The first-order chi connectivity index (χ1) is 20.4. The molecule has 1 N–H and O–H groups in total. The first kappa shape index (κ1) is 28.1. The van der Waals surface area contributed by atoms with Gasteiger partial charge >= 0.3 is 5.97 Å². The molecule has 3 aromatic carbocycles. The average molecular weight is 624 g/mol. The third-order valence-electron chi connectivity index (χ3n) is 6.09. The number of nitro groups is 1. The molecule has 42 heavy (non-hydrogen) atoms. The number of carbonyl (C=O) groups is 2. The summed E-state index contributed by atoms with van der Waals surface area (Å²) < 4.78 is 7.64. The van der Waals surface area contributed by atoms with E-state index < -0.39 is 22.9 Å². The Labute approximate surface area is 248 Å². The zero-order valence-corrected chi connectivity index (χ0v) is 23.4. The Bertz CT molecular complexity index is 1760. The summed E-state index contributed by atoms with van der Waals surface area (Å²) in [6, 6.07) is 25.7. The lowest BCUT2D eigenvalue weighted by Gasteiger charge is -2.18. The Morgan fingerprint density at radius 1 is 1.00 bits per heavy atom. The van der Waals surface area contributed by atoms with Crippen molar-refractivity contribution in [2.45, 2.75) is 6.10 Å². The van der Waals surface area contributed by atoms with Gasteiger partial charge in [0.1, 0.15) is 5.69 Å². The highest BCUT2D eigenvalue weighted by Crippen LogP contribution is 2.29. The Hall–Kier alpha value is -5.42. The minimum atomic E-state index is -1.30. The second-order valence-corrected chi connectivity index (χ2v) is 9.78. The van der Waals surface area contributed by atoms with Crippen LogP contribution >= 0.6 is 15.9 Å². The van der Waals surface area contributed by atoms with Crippen molar-refractivity contribution in [3.63, 3.8) is 0 Å². The minimum absolute atomic E-state index is 0.141. The van der Waals surface area contributed by atoms with E-state index in [9.17, 15) is 19.7 Å². The fourth-order valence-electron chi connectivity index (χ4n) is 4.08. The van der Waals surface area contributed by atoms with Crippen LogP contribution in [0.5, 0.6) is 0 Å². The van der Waals surface area contributed by atoms with Crippen molar-refractivity contribution in [1.82, 2.24) is 14.8 Å². The third-order valence-corrected chi connectivity index (χ3v) is 6.75. The zero-order valence-electron chi connectivity index (χ0n) is 21.8. The molecule has 1 atom stereocenters. The van der Waals surface area contributed by atoms with Gasteiger partial charge in [-0.15, -0.1) is 0 Å². The van der Waals surface area contributed by atoms with E-state index in [1.807, 2.05) is 36.4 Å². The van der Waals surface area contributed by atoms with Crippen LogP contribution in [0.15, 0.2) is 120 Å². The SMILES string of the molecule is O=C(/C=C/c1cn(-c2ccccc2)nc1-c1cccnc1)O[C@H](C(=O)Nc1ccc([N+](=O)[O-])cc1Br)c1ccccc1. The largest absolute Gasteiger partial charge is 0.444 e. The van der Waals surface area contributed by atoms with Gasteiger partial charge in [0.25, 0.3) is 11.6 Å². The van der Waals surface area contributed by atoms with Gasteiger partial charge in [-0.2, -0.15) is 5.10 Å². The van der Waals surface area contributed by atoms with Gasteiger partial charge in [-0.1, -0.05) is 48.5 Å². The van der Waals surface area contributed by atoms with Gasteiger partial charge in [0.05, 0.1) is 16.3 Å². The van der Waals surface area contributed by atoms with Crippen LogP contribution in [0.2, 0.25) is 0 Å². The maximum absolute atomic E-state index is 13.3. The van der Waals surface area contributed by atoms with E-state index in [-0.39, 0.29) is 11.4 Å². The molecule has 5 aromatic rings. The molecule has 2 aromatic heterocycles. The van der Waals surface area contributed by atoms with Crippen molar-refractivity contribution in [3.05, 3.63) is 141 Å². The highest BCUT2D eigenvalue weighted by atomic mass is 79.9. The summed E-state index contributed by atoms with van der Waals surface area (Å²) >= 11 is 3.25. The number of nitro benzene ring substituents is 1. The second-order valence-electron chi connectivity index (χ2n) is 8.93. The molecule has 0 fully saturated rings. The number of benzene rings is 3. The number of amides is 1. The number of ether oxygens (including phenoxy) is 1. The molecule has 10 nitrogen and oxygen atoms in total. The van der Waals surface area contributed by atoms with Crippen molar-refractivity contribution in [3.8, 4) is 16.9 Å². The Morgan fingerprint density at radius 2 is 1.74 bits per heavy atom. The lowest BCUT2D eigenvalue weighted by Crippen LogP contribution is -2.25. The Morgan fingerprint density at radius 3 is 2.40 bits per heavy atom. The van der Waals surface area contributed by atoms with Gasteiger partial charge in [0, 0.05) is 58.0 Å². The van der Waals surface area contributed by atoms with E-state index >= 15 is 0 Å². The summed E-state index contributed by atoms with van der Waals surface area (Å²) in [4.78, 5) is 41.1. The van der Waals surface area contributed by atoms with E-state index in [1.165, 1.54) is 24.3 Å². The molecule has 0 bridgehead atoms. The molecule has 0 unspecified atom stereocenters. The maximum Gasteiger partial charge on any atom is 0.331 e. The number of non-ortho nitro benzene ring substituents is 1. The molecule has 0 aliphatic rings. The first-order valence-electron chi connectivity index (χ1n) is 12.6. The predicted molar refractivity (Wildman–Crippen MR) is 161 cm³/mol. The number of nitrogens with zero attached hydrogens (tertiary/aromatic N) is 4. The standard InChI is InChI=1S/C31H22BrN5O5/c32-26-18-25(37(40)41)14-15-27(26)34-31(39)30(21-8-3-1-4-9-21)42-28(38)16-13-23-20-36(24-11-5-2-6-12-24)35-29(23)22-10-7-17-33-19-22/h1-20,30H,(H,34,39)/b16-13+/t30-/m0/s1. The van der Waals surface area contributed by atoms with Crippen LogP contribution in [-0.4, -0.2) is 31.6 Å². The number of carbonyl (C=O) groups excluding carboxylic acids is 2. The number of aromatic nitrogens is 3. The van der Waals surface area contributed by atoms with Crippen LogP contribution in [0, 0.1) is 10.1 Å². The lowest BCUT2D eigenvalue weighted by molar-refractivity contribution is -0.384. The highest BCUT2D eigenvalue weighted by Gasteiger charge is 2.25. The molecule has 0 radical (unpaired) electrons. The van der Waals surface area contributed by atoms with Crippen LogP contribution in [0.3, 0.4) is 0 Å². The van der Waals surface area contributed by atoms with Gasteiger partial charge in [0.2, 0.25) is 6.10 Å². The molecular formula is C31H22BrN5O5. The van der Waals surface area contributed by atoms with E-state index in [2.05, 4.69) is 26.2 Å². The van der Waals surface area contributed by atoms with Crippen LogP contribution < -0.4 is 5.32 Å². The summed E-state index contributed by atoms with van der Waals surface area (Å²) in [5.74, 6) is -1.39. The van der Waals surface area contributed by atoms with Crippen molar-refractivity contribution in [1.29, 1.82) is 0 Å². The van der Waals surface area contributed by atoms with E-state index in [0.717, 1.165) is 11.3 Å². The second kappa shape index (κ2) is 12.8. The quantitative estimate of drug-likeness (QED) is 0.0853. The van der Waals surface area contributed by atoms with E-state index in [4.69, 9.17) is 9.84 Å². The monoisotopic (exact) mass is 623 g/mol. The van der Waals surface area contributed by atoms with Crippen LogP contribution in [0.1, 0.15) is 17.2 Å². The maximum atomic E-state index is 13.3. The Balaban J connectivity index is 1.40. The molecule has 2 heterocycles. The number of pyridine rings is 1. The number of hydrogen-bond acceptors (Lipinski definition) is 7. The Kier molecular flexibility index (Phi) is 8.59. The van der Waals surface area contributed by atoms with Crippen LogP contribution in [0.4, 0.5) is 11.4 Å². The van der Waals surface area contributed by atoms with Gasteiger partial charge in [-0.05, 0) is 52.3 Å². The number of para-hydroxylation sites is 1. The zero-order chi connectivity index (χ0) is 29.5. The van der Waals surface area contributed by atoms with Gasteiger partial charge in [-0.25, -0.2) is 9.48 Å². The van der Waals surface area contributed by atoms with Gasteiger partial charge in [0.15, 0.2) is 0 Å². The summed E-state index contributed by atoms with van der Waals surface area (Å²) in [5.41, 5.74) is 3.43. The molecule has 208 valence electrons. The summed E-state index contributed by atoms with van der Waals surface area (Å²) in [6.45, 7) is 0. The average Bonchev–Trinajstić information content (AvgIpc) is 3.45. The fourth-order valence-corrected chi connectivity index (χ4v) is 4.55. The molecule has 0 spiro atoms. The van der Waals surface area contributed by atoms with Gasteiger partial charge < -0.3 is 10.1 Å². The third kappa shape index (κ3) is 6.65. The van der Waals surface area contributed by atoms with Crippen molar-refractivity contribution in [2.75, 3.05) is 5.32 Å². The molecule has 0 saturated carbocycles. The lowest BCUT2D eigenvalue weighted by atomic mass is 10.1. The van der Waals surface area contributed by atoms with E-state index in [0.29, 0.717) is 21.3 Å². The van der Waals surface area contributed by atoms with Crippen molar-refractivity contribution in [2.24, 2.45) is 0 Å². The summed E-state index contributed by atoms with van der Waals surface area (Å²) in [5, 5.41) is 18.4. The fraction of sp³-hybridized carbons (Fsp3) is 0.0323. The van der Waals surface area contributed by atoms with Crippen molar-refractivity contribution >= 4 is 45.3 Å². The van der Waals surface area contributed by atoms with Gasteiger partial charge in [-0.3, -0.25) is 19.9 Å². The normalized spacial score (nSPS) is 11.6. The number of esters is 1. The highest BCUT2D eigenvalue weighted by molar-refractivity contribution is 9.10. The first-order valence-corrected chi connectivity index (χ1v) is 13.4. The topological polar surface area (TPSA) is 129 Å². The molecular weight excluding hydrogens is 602 g/mol. The van der Waals surface area contributed by atoms with E-state index in [1.54, 1.807) is 65.7 Å². The molecule has 0 saturated heterocycles. The summed E-state index contributed by atoms with van der Waals surface area (Å²) in [6.07, 6.45) is 6.64. The predicted octanol–water partition coefficient (Wildman–Crippen LogP) is 6.54. The van der Waals surface area contributed by atoms with Crippen molar-refractivity contribution < 1.29 is 19.2 Å². The molecule has 11 heteroatoms. The number of nitrogens with one attached hydrogen (secondary N) is 1. The molecule has 0 aliphatic carbocycles.